The Kier molecular flexibility index (Phi) is 3.38. The van der Waals surface area contributed by atoms with Crippen LogP contribution in [0.2, 0.25) is 0 Å². The predicted octanol–water partition coefficient (Wildman–Crippen LogP) is 2.01. The number of thiazole rings is 1. The first-order valence-corrected chi connectivity index (χ1v) is 6.25. The van der Waals surface area contributed by atoms with Gasteiger partial charge in [0.05, 0.1) is 18.4 Å². The fourth-order valence-electron chi connectivity index (χ4n) is 1.79. The molecule has 1 aromatic heterocycles. The van der Waals surface area contributed by atoms with Crippen LogP contribution in [0.5, 0.6) is 0 Å². The summed E-state index contributed by atoms with van der Waals surface area (Å²) in [5.74, 6) is 0.690. The van der Waals surface area contributed by atoms with Crippen LogP contribution in [-0.2, 0) is 11.3 Å². The lowest BCUT2D eigenvalue weighted by atomic mass is 9.82. The highest BCUT2D eigenvalue weighted by Crippen LogP contribution is 2.30. The second-order valence-electron chi connectivity index (χ2n) is 4.26. The topological polar surface area (TPSA) is 48.1 Å². The highest BCUT2D eigenvalue weighted by molar-refractivity contribution is 7.11. The van der Waals surface area contributed by atoms with Gasteiger partial charge in [0, 0.05) is 4.88 Å². The van der Waals surface area contributed by atoms with Crippen molar-refractivity contribution in [1.29, 1.82) is 0 Å². The largest absolute Gasteiger partial charge is 0.371 e. The van der Waals surface area contributed by atoms with Crippen LogP contribution >= 0.6 is 11.3 Å². The average molecular weight is 226 g/mol. The summed E-state index contributed by atoms with van der Waals surface area (Å²) in [5, 5.41) is 1.10. The molecule has 4 heteroatoms. The Morgan fingerprint density at radius 2 is 2.20 bits per heavy atom. The Bertz CT molecular complexity index is 312. The summed E-state index contributed by atoms with van der Waals surface area (Å²) in [6, 6.07) is 0. The standard InChI is InChI=1S/C11H18N2OS/c1-7-8(2)15-11(13-7)6-14-10-3-9(4-10)5-12/h9-10H,3-6,12H2,1-2H3. The summed E-state index contributed by atoms with van der Waals surface area (Å²) in [4.78, 5) is 5.74. The van der Waals surface area contributed by atoms with E-state index in [0.717, 1.165) is 30.1 Å². The zero-order valence-corrected chi connectivity index (χ0v) is 10.1. The molecule has 0 amide bonds. The summed E-state index contributed by atoms with van der Waals surface area (Å²) < 4.78 is 5.76. The van der Waals surface area contributed by atoms with Gasteiger partial charge in [0.15, 0.2) is 0 Å². The first-order chi connectivity index (χ1) is 7.19. The van der Waals surface area contributed by atoms with E-state index in [0.29, 0.717) is 18.6 Å². The molecule has 0 aromatic carbocycles. The molecule has 0 bridgehead atoms. The molecule has 1 aliphatic rings. The number of aromatic nitrogens is 1. The maximum Gasteiger partial charge on any atom is 0.119 e. The third-order valence-electron chi connectivity index (χ3n) is 3.04. The lowest BCUT2D eigenvalue weighted by Gasteiger charge is -2.33. The maximum absolute atomic E-state index is 5.76. The van der Waals surface area contributed by atoms with Gasteiger partial charge in [-0.15, -0.1) is 11.3 Å². The van der Waals surface area contributed by atoms with E-state index in [1.165, 1.54) is 4.88 Å². The van der Waals surface area contributed by atoms with Gasteiger partial charge in [-0.3, -0.25) is 0 Å². The molecular formula is C11H18N2OS. The molecule has 0 spiro atoms. The summed E-state index contributed by atoms with van der Waals surface area (Å²) in [5.41, 5.74) is 6.69. The lowest BCUT2D eigenvalue weighted by Crippen LogP contribution is -2.35. The number of aryl methyl sites for hydroxylation is 2. The quantitative estimate of drug-likeness (QED) is 0.854. The minimum Gasteiger partial charge on any atom is -0.371 e. The van der Waals surface area contributed by atoms with Crippen molar-refractivity contribution in [2.75, 3.05) is 6.54 Å². The van der Waals surface area contributed by atoms with Crippen molar-refractivity contribution in [2.24, 2.45) is 11.7 Å². The van der Waals surface area contributed by atoms with Crippen molar-refractivity contribution in [1.82, 2.24) is 4.98 Å². The third-order valence-corrected chi connectivity index (χ3v) is 4.09. The van der Waals surface area contributed by atoms with Crippen molar-refractivity contribution in [2.45, 2.75) is 39.4 Å². The molecule has 0 atom stereocenters. The van der Waals surface area contributed by atoms with E-state index in [2.05, 4.69) is 11.9 Å². The fraction of sp³-hybridized carbons (Fsp3) is 0.727. The molecule has 3 nitrogen and oxygen atoms in total. The molecule has 0 radical (unpaired) electrons. The van der Waals surface area contributed by atoms with Gasteiger partial charge in [-0.1, -0.05) is 0 Å². The zero-order chi connectivity index (χ0) is 10.8. The van der Waals surface area contributed by atoms with E-state index in [9.17, 15) is 0 Å². The molecule has 84 valence electrons. The predicted molar refractivity (Wildman–Crippen MR) is 61.9 cm³/mol. The van der Waals surface area contributed by atoms with Crippen LogP contribution in [0.1, 0.15) is 28.4 Å². The average Bonchev–Trinajstić information content (AvgIpc) is 2.44. The molecule has 1 aliphatic carbocycles. The van der Waals surface area contributed by atoms with E-state index in [1.54, 1.807) is 11.3 Å². The second-order valence-corrected chi connectivity index (χ2v) is 5.54. The molecule has 2 rings (SSSR count). The van der Waals surface area contributed by atoms with Gasteiger partial charge in [-0.25, -0.2) is 4.98 Å². The van der Waals surface area contributed by atoms with Crippen LogP contribution in [0.15, 0.2) is 0 Å². The Balaban J connectivity index is 1.75. The first kappa shape index (κ1) is 11.0. The molecule has 1 fully saturated rings. The maximum atomic E-state index is 5.76. The van der Waals surface area contributed by atoms with Gasteiger partial charge in [-0.2, -0.15) is 0 Å². The van der Waals surface area contributed by atoms with Crippen molar-refractivity contribution in [3.8, 4) is 0 Å². The van der Waals surface area contributed by atoms with Gasteiger partial charge in [-0.05, 0) is 39.2 Å². The van der Waals surface area contributed by atoms with E-state index < -0.39 is 0 Å². The monoisotopic (exact) mass is 226 g/mol. The number of nitrogens with two attached hydrogens (primary N) is 1. The number of ether oxygens (including phenoxy) is 1. The van der Waals surface area contributed by atoms with Crippen LogP contribution in [0, 0.1) is 19.8 Å². The van der Waals surface area contributed by atoms with Crippen LogP contribution in [0.25, 0.3) is 0 Å². The van der Waals surface area contributed by atoms with Gasteiger partial charge in [0.25, 0.3) is 0 Å². The third kappa shape index (κ3) is 2.56. The van der Waals surface area contributed by atoms with Crippen molar-refractivity contribution >= 4 is 11.3 Å². The van der Waals surface area contributed by atoms with E-state index in [-0.39, 0.29) is 0 Å². The number of nitrogens with zero attached hydrogens (tertiary/aromatic N) is 1. The SMILES string of the molecule is Cc1nc(COC2CC(CN)C2)sc1C. The summed E-state index contributed by atoms with van der Waals surface area (Å²) >= 11 is 1.74. The molecule has 1 saturated carbocycles. The van der Waals surface area contributed by atoms with E-state index in [4.69, 9.17) is 10.5 Å². The molecule has 15 heavy (non-hydrogen) atoms. The Hall–Kier alpha value is -0.450. The Morgan fingerprint density at radius 1 is 1.47 bits per heavy atom. The lowest BCUT2D eigenvalue weighted by molar-refractivity contribution is -0.0376. The zero-order valence-electron chi connectivity index (χ0n) is 9.32. The van der Waals surface area contributed by atoms with Crippen molar-refractivity contribution < 1.29 is 4.74 Å². The highest BCUT2D eigenvalue weighted by Gasteiger charge is 2.28. The van der Waals surface area contributed by atoms with Crippen LogP contribution in [-0.4, -0.2) is 17.6 Å². The van der Waals surface area contributed by atoms with Crippen molar-refractivity contribution in [3.05, 3.63) is 15.6 Å². The summed E-state index contributed by atoms with van der Waals surface area (Å²) in [6.07, 6.45) is 2.67. The van der Waals surface area contributed by atoms with Crippen LogP contribution < -0.4 is 5.73 Å². The molecule has 0 aliphatic heterocycles. The molecule has 2 N–H and O–H groups in total. The smallest absolute Gasteiger partial charge is 0.119 e. The van der Waals surface area contributed by atoms with E-state index >= 15 is 0 Å². The van der Waals surface area contributed by atoms with Crippen LogP contribution in [0.3, 0.4) is 0 Å². The summed E-state index contributed by atoms with van der Waals surface area (Å²) in [7, 11) is 0. The first-order valence-electron chi connectivity index (χ1n) is 5.43. The minimum atomic E-state index is 0.420. The molecular weight excluding hydrogens is 208 g/mol. The minimum absolute atomic E-state index is 0.420. The number of hydrogen-bond donors (Lipinski definition) is 1. The van der Waals surface area contributed by atoms with Gasteiger partial charge in [0.1, 0.15) is 5.01 Å². The van der Waals surface area contributed by atoms with E-state index in [1.807, 2.05) is 6.92 Å². The Labute approximate surface area is 94.7 Å². The molecule has 1 aromatic rings. The number of rotatable bonds is 4. The summed E-state index contributed by atoms with van der Waals surface area (Å²) in [6.45, 7) is 5.62. The van der Waals surface area contributed by atoms with Gasteiger partial charge < -0.3 is 10.5 Å². The van der Waals surface area contributed by atoms with Gasteiger partial charge in [0.2, 0.25) is 0 Å². The Morgan fingerprint density at radius 3 is 2.73 bits per heavy atom. The van der Waals surface area contributed by atoms with Crippen LogP contribution in [0.4, 0.5) is 0 Å². The van der Waals surface area contributed by atoms with Crippen molar-refractivity contribution in [3.63, 3.8) is 0 Å². The highest BCUT2D eigenvalue weighted by atomic mass is 32.1. The molecule has 0 unspecified atom stereocenters. The van der Waals surface area contributed by atoms with Gasteiger partial charge >= 0.3 is 0 Å². The second kappa shape index (κ2) is 4.60. The fourth-order valence-corrected chi connectivity index (χ4v) is 2.65. The number of hydrogen-bond acceptors (Lipinski definition) is 4. The molecule has 1 heterocycles. The normalized spacial score (nSPS) is 25.3. The molecule has 0 saturated heterocycles.